The molecule has 0 spiro atoms. The maximum Gasteiger partial charge on any atom is 0.513 e. The number of carbonyl (C=O) groups is 1. The van der Waals surface area contributed by atoms with Crippen molar-refractivity contribution in [3.63, 3.8) is 0 Å². The molecule has 9 heteroatoms. The summed E-state index contributed by atoms with van der Waals surface area (Å²) in [6, 6.07) is 10.8. The lowest BCUT2D eigenvalue weighted by Gasteiger charge is -2.22. The first-order valence-corrected chi connectivity index (χ1v) is 10.4. The normalized spacial score (nSPS) is 10.4. The number of hydrogen-bond acceptors (Lipinski definition) is 8. The molecule has 0 radical (unpaired) electrons. The number of pyridine rings is 1. The lowest BCUT2D eigenvalue weighted by atomic mass is 10.2. The third-order valence-electron chi connectivity index (χ3n) is 2.78. The number of aromatic nitrogens is 1. The van der Waals surface area contributed by atoms with Crippen LogP contribution in [0.2, 0.25) is 0 Å². The molecule has 0 amide bonds. The molecule has 27 heavy (non-hydrogen) atoms. The summed E-state index contributed by atoms with van der Waals surface area (Å²) in [5.74, 6) is 0.184. The third kappa shape index (κ3) is 8.78. The second-order valence-electron chi connectivity index (χ2n) is 5.49. The highest BCUT2D eigenvalue weighted by Crippen LogP contribution is 2.39. The molecule has 0 fully saturated rings. The van der Waals surface area contributed by atoms with Gasteiger partial charge in [-0.3, -0.25) is 10.1 Å². The van der Waals surface area contributed by atoms with Crippen molar-refractivity contribution >= 4 is 33.4 Å². The molecular formula is C18H22N2O5S2. The topological polar surface area (TPSA) is 91.6 Å². The number of carbonyl (C=O) groups excluding carboxylic acids is 1. The van der Waals surface area contributed by atoms with Gasteiger partial charge in [0.15, 0.2) is 0 Å². The number of benzene rings is 1. The zero-order chi connectivity index (χ0) is 20.3. The molecular weight excluding hydrogens is 388 g/mol. The van der Waals surface area contributed by atoms with Crippen LogP contribution >= 0.6 is 21.6 Å². The van der Waals surface area contributed by atoms with Crippen LogP contribution in [0.25, 0.3) is 0 Å². The Morgan fingerprint density at radius 3 is 2.41 bits per heavy atom. The smallest absolute Gasteiger partial charge is 0.432 e. The first-order chi connectivity index (χ1) is 12.9. The van der Waals surface area contributed by atoms with Crippen molar-refractivity contribution in [3.8, 4) is 5.75 Å². The Morgan fingerprint density at radius 1 is 1.19 bits per heavy atom. The summed E-state index contributed by atoms with van der Waals surface area (Å²) in [4.78, 5) is 26.0. The Morgan fingerprint density at radius 2 is 1.85 bits per heavy atom. The lowest BCUT2D eigenvalue weighted by Crippen LogP contribution is -2.25. The number of hydrogen-bond donors (Lipinski definition) is 0. The lowest BCUT2D eigenvalue weighted by molar-refractivity contribution is -0.384. The highest BCUT2D eigenvalue weighted by Gasteiger charge is 2.23. The van der Waals surface area contributed by atoms with Gasteiger partial charge in [0, 0.05) is 18.3 Å². The van der Waals surface area contributed by atoms with Crippen LogP contribution in [-0.4, -0.2) is 27.4 Å². The molecule has 0 aliphatic heterocycles. The molecule has 0 bridgehead atoms. The quantitative estimate of drug-likeness (QED) is 0.187. The van der Waals surface area contributed by atoms with Crippen molar-refractivity contribution in [2.75, 3.05) is 6.61 Å². The minimum Gasteiger partial charge on any atom is -0.432 e. The predicted octanol–water partition coefficient (Wildman–Crippen LogP) is 5.75. The SMILES string of the molecule is CC.CC(C)(COC(=O)Oc1ccc([N+](=O)[O-])cc1)SSc1ccccn1. The number of rotatable bonds is 7. The van der Waals surface area contributed by atoms with Crippen LogP contribution in [-0.2, 0) is 4.74 Å². The molecule has 1 aromatic heterocycles. The molecule has 0 unspecified atom stereocenters. The highest BCUT2D eigenvalue weighted by molar-refractivity contribution is 8.77. The number of nitrogens with zero attached hydrogens (tertiary/aromatic N) is 2. The van der Waals surface area contributed by atoms with Gasteiger partial charge in [-0.25, -0.2) is 9.78 Å². The van der Waals surface area contributed by atoms with Crippen molar-refractivity contribution in [3.05, 3.63) is 58.8 Å². The molecule has 7 nitrogen and oxygen atoms in total. The Hall–Kier alpha value is -2.26. The van der Waals surface area contributed by atoms with Gasteiger partial charge in [-0.05, 0) is 48.9 Å². The summed E-state index contributed by atoms with van der Waals surface area (Å²) in [5, 5.41) is 11.4. The molecule has 0 atom stereocenters. The van der Waals surface area contributed by atoms with E-state index in [9.17, 15) is 14.9 Å². The van der Waals surface area contributed by atoms with E-state index in [4.69, 9.17) is 9.47 Å². The van der Waals surface area contributed by atoms with E-state index in [0.717, 1.165) is 5.03 Å². The second-order valence-corrected chi connectivity index (χ2v) is 8.34. The van der Waals surface area contributed by atoms with Crippen molar-refractivity contribution in [1.29, 1.82) is 0 Å². The van der Waals surface area contributed by atoms with E-state index in [1.165, 1.54) is 45.9 Å². The summed E-state index contributed by atoms with van der Waals surface area (Å²) in [5.41, 5.74) is -0.0789. The van der Waals surface area contributed by atoms with Gasteiger partial charge >= 0.3 is 6.16 Å². The van der Waals surface area contributed by atoms with Crippen molar-refractivity contribution in [2.45, 2.75) is 37.5 Å². The van der Waals surface area contributed by atoms with E-state index < -0.39 is 11.1 Å². The number of nitro benzene ring substituents is 1. The van der Waals surface area contributed by atoms with Gasteiger partial charge in [0.25, 0.3) is 5.69 Å². The molecule has 0 aliphatic rings. The van der Waals surface area contributed by atoms with Crippen LogP contribution < -0.4 is 4.74 Å². The summed E-state index contributed by atoms with van der Waals surface area (Å²) in [6.45, 7) is 8.02. The summed E-state index contributed by atoms with van der Waals surface area (Å²) < 4.78 is 9.77. The first-order valence-electron chi connectivity index (χ1n) is 8.21. The van der Waals surface area contributed by atoms with Crippen molar-refractivity contribution < 1.29 is 19.2 Å². The minimum absolute atomic E-state index is 0.0789. The van der Waals surface area contributed by atoms with Gasteiger partial charge in [-0.2, -0.15) is 0 Å². The number of non-ortho nitro benzene ring substituents is 1. The van der Waals surface area contributed by atoms with E-state index in [1.807, 2.05) is 45.9 Å². The Kier molecular flexibility index (Phi) is 9.66. The fourth-order valence-corrected chi connectivity index (χ4v) is 3.60. The van der Waals surface area contributed by atoms with Gasteiger partial charge in [-0.1, -0.05) is 30.7 Å². The van der Waals surface area contributed by atoms with E-state index in [2.05, 4.69) is 4.98 Å². The summed E-state index contributed by atoms with van der Waals surface area (Å²) in [7, 11) is 3.03. The van der Waals surface area contributed by atoms with Crippen molar-refractivity contribution in [2.24, 2.45) is 0 Å². The number of ether oxygens (including phenoxy) is 2. The van der Waals surface area contributed by atoms with E-state index in [0.29, 0.717) is 0 Å². The predicted molar refractivity (Wildman–Crippen MR) is 108 cm³/mol. The average Bonchev–Trinajstić information content (AvgIpc) is 2.68. The van der Waals surface area contributed by atoms with Crippen molar-refractivity contribution in [1.82, 2.24) is 4.98 Å². The van der Waals surface area contributed by atoms with E-state index in [1.54, 1.807) is 6.20 Å². The highest BCUT2D eigenvalue weighted by atomic mass is 33.1. The molecule has 2 aromatic rings. The van der Waals surface area contributed by atoms with Gasteiger partial charge in [-0.15, -0.1) is 0 Å². The monoisotopic (exact) mass is 410 g/mol. The Balaban J connectivity index is 0.00000176. The van der Waals surface area contributed by atoms with E-state index in [-0.39, 0.29) is 22.8 Å². The molecule has 146 valence electrons. The largest absolute Gasteiger partial charge is 0.513 e. The molecule has 0 N–H and O–H groups in total. The maximum atomic E-state index is 11.7. The summed E-state index contributed by atoms with van der Waals surface area (Å²) >= 11 is 0. The minimum atomic E-state index is -0.856. The molecule has 1 aromatic carbocycles. The van der Waals surface area contributed by atoms with Crippen LogP contribution in [0.3, 0.4) is 0 Å². The molecule has 2 rings (SSSR count). The Labute approximate surface area is 166 Å². The maximum absolute atomic E-state index is 11.7. The molecule has 0 aliphatic carbocycles. The van der Waals surface area contributed by atoms with Crippen LogP contribution in [0, 0.1) is 10.1 Å². The van der Waals surface area contributed by atoms with Gasteiger partial charge in [0.1, 0.15) is 17.4 Å². The first kappa shape index (κ1) is 22.8. The van der Waals surface area contributed by atoms with Crippen LogP contribution in [0.1, 0.15) is 27.7 Å². The van der Waals surface area contributed by atoms with Crippen LogP contribution in [0.4, 0.5) is 10.5 Å². The van der Waals surface area contributed by atoms with E-state index >= 15 is 0 Å². The molecule has 1 heterocycles. The van der Waals surface area contributed by atoms with Gasteiger partial charge in [0.05, 0.1) is 9.67 Å². The fourth-order valence-electron chi connectivity index (χ4n) is 1.57. The zero-order valence-corrected chi connectivity index (χ0v) is 17.2. The average molecular weight is 411 g/mol. The summed E-state index contributed by atoms with van der Waals surface area (Å²) in [6.07, 6.45) is 0.860. The fraction of sp³-hybridized carbons (Fsp3) is 0.333. The van der Waals surface area contributed by atoms with Crippen LogP contribution in [0.15, 0.2) is 53.7 Å². The standard InChI is InChI=1S/C16H16N2O5S2.C2H6/c1-16(2,25-24-14-5-3-4-10-17-14)11-22-15(19)23-13-8-6-12(7-9-13)18(20)21;1-2/h3-10H,11H2,1-2H3;1-2H3. The Bertz CT molecular complexity index is 724. The van der Waals surface area contributed by atoms with Gasteiger partial charge < -0.3 is 9.47 Å². The zero-order valence-electron chi connectivity index (χ0n) is 15.6. The molecule has 0 saturated carbocycles. The van der Waals surface area contributed by atoms with Crippen LogP contribution in [0.5, 0.6) is 5.75 Å². The van der Waals surface area contributed by atoms with Gasteiger partial charge in [0.2, 0.25) is 0 Å². The second kappa shape index (κ2) is 11.5. The third-order valence-corrected chi connectivity index (χ3v) is 5.96. The number of nitro groups is 1. The molecule has 0 saturated heterocycles.